The lowest BCUT2D eigenvalue weighted by Crippen LogP contribution is -2.45. The first kappa shape index (κ1) is 23.5. The number of aromatic nitrogens is 4. The number of hydrogen-bond acceptors (Lipinski definition) is 6. The number of nitrogens with zero attached hydrogens (tertiary/aromatic N) is 6. The molecule has 1 atom stereocenters. The van der Waals surface area contributed by atoms with Crippen molar-refractivity contribution in [1.29, 1.82) is 0 Å². The van der Waals surface area contributed by atoms with Crippen LogP contribution >= 0.6 is 0 Å². The van der Waals surface area contributed by atoms with E-state index in [1.165, 1.54) is 6.42 Å². The van der Waals surface area contributed by atoms with E-state index in [1.807, 2.05) is 30.3 Å². The molecule has 5 rings (SSSR count). The number of benzene rings is 1. The minimum Gasteiger partial charge on any atom is -0.496 e. The van der Waals surface area contributed by atoms with E-state index in [0.29, 0.717) is 17.4 Å². The summed E-state index contributed by atoms with van der Waals surface area (Å²) < 4.78 is 7.31. The van der Waals surface area contributed by atoms with Gasteiger partial charge >= 0.3 is 0 Å². The van der Waals surface area contributed by atoms with Crippen molar-refractivity contribution >= 4 is 5.91 Å². The van der Waals surface area contributed by atoms with Crippen molar-refractivity contribution in [2.45, 2.75) is 50.5 Å². The van der Waals surface area contributed by atoms with Crippen LogP contribution in [-0.4, -0.2) is 75.8 Å². The molecular weight excluding hydrogens is 440 g/mol. The maximum absolute atomic E-state index is 13.8. The predicted octanol–water partition coefficient (Wildman–Crippen LogP) is 4.16. The van der Waals surface area contributed by atoms with Gasteiger partial charge in [-0.2, -0.15) is 5.10 Å². The number of likely N-dealkylation sites (tertiary alicyclic amines) is 1. The Morgan fingerprint density at radius 2 is 1.97 bits per heavy atom. The molecule has 184 valence electrons. The lowest BCUT2D eigenvalue weighted by Gasteiger charge is -2.36. The van der Waals surface area contributed by atoms with Gasteiger partial charge in [0.1, 0.15) is 5.75 Å². The Labute approximate surface area is 206 Å². The molecule has 1 saturated heterocycles. The van der Waals surface area contributed by atoms with E-state index in [9.17, 15) is 4.79 Å². The van der Waals surface area contributed by atoms with Crippen LogP contribution in [0.2, 0.25) is 0 Å². The van der Waals surface area contributed by atoms with Gasteiger partial charge in [0.25, 0.3) is 11.9 Å². The molecule has 2 aromatic heterocycles. The van der Waals surface area contributed by atoms with Crippen molar-refractivity contribution < 1.29 is 9.53 Å². The Bertz CT molecular complexity index is 1190. The number of amides is 1. The number of para-hydroxylation sites is 1. The molecule has 0 bridgehead atoms. The van der Waals surface area contributed by atoms with E-state index >= 15 is 0 Å². The molecule has 8 heteroatoms. The first-order chi connectivity index (χ1) is 17.1. The fourth-order valence-electron chi connectivity index (χ4n) is 5.02. The summed E-state index contributed by atoms with van der Waals surface area (Å²) in [6.07, 6.45) is 9.89. The van der Waals surface area contributed by atoms with E-state index in [-0.39, 0.29) is 11.9 Å². The molecule has 2 fully saturated rings. The number of piperidine rings is 1. The number of hydrogen-bond donors (Lipinski definition) is 0. The van der Waals surface area contributed by atoms with Crippen molar-refractivity contribution in [2.24, 2.45) is 0 Å². The Morgan fingerprint density at radius 3 is 2.74 bits per heavy atom. The molecule has 0 unspecified atom stereocenters. The smallest absolute Gasteiger partial charge is 0.257 e. The molecule has 1 saturated carbocycles. The van der Waals surface area contributed by atoms with Crippen LogP contribution in [0.25, 0.3) is 17.2 Å². The van der Waals surface area contributed by atoms with Gasteiger partial charge in [-0.3, -0.25) is 4.79 Å². The predicted molar refractivity (Wildman–Crippen MR) is 135 cm³/mol. The van der Waals surface area contributed by atoms with Crippen LogP contribution in [0.4, 0.5) is 0 Å². The Balaban J connectivity index is 1.48. The second-order valence-corrected chi connectivity index (χ2v) is 9.81. The van der Waals surface area contributed by atoms with Crippen LogP contribution in [0.5, 0.6) is 5.75 Å². The van der Waals surface area contributed by atoms with Gasteiger partial charge in [-0.15, -0.1) is 0 Å². The molecule has 0 spiro atoms. The largest absolute Gasteiger partial charge is 0.496 e. The van der Waals surface area contributed by atoms with Crippen LogP contribution in [0, 0.1) is 0 Å². The van der Waals surface area contributed by atoms with Gasteiger partial charge in [0, 0.05) is 30.3 Å². The van der Waals surface area contributed by atoms with E-state index < -0.39 is 0 Å². The molecule has 1 aromatic carbocycles. The monoisotopic (exact) mass is 474 g/mol. The molecule has 1 aliphatic heterocycles. The Morgan fingerprint density at radius 1 is 1.14 bits per heavy atom. The van der Waals surface area contributed by atoms with Crippen molar-refractivity contribution in [3.05, 3.63) is 54.0 Å². The minimum atomic E-state index is 0.0995. The zero-order valence-electron chi connectivity index (χ0n) is 20.9. The average Bonchev–Trinajstić information content (AvgIpc) is 3.64. The normalized spacial score (nSPS) is 18.2. The number of carbonyl (C=O) groups excluding carboxylic acids is 1. The minimum absolute atomic E-state index is 0.0995. The SMILES string of the molecule is COc1ccccc1-c1ccnc(-n2ncc(C(=O)N3CCCC[C@H]3CCN(C)C)c2C2CC2)n1. The van der Waals surface area contributed by atoms with Gasteiger partial charge in [0.15, 0.2) is 0 Å². The highest BCUT2D eigenvalue weighted by Crippen LogP contribution is 2.43. The third-order valence-corrected chi connectivity index (χ3v) is 7.01. The standard InChI is InChI=1S/C27H34N6O2/c1-31(2)17-14-20-8-6-7-16-32(20)26(34)22-18-29-33(25(22)19-11-12-19)27-28-15-13-23(30-27)21-9-4-5-10-24(21)35-3/h4-5,9-10,13,15,18-20H,6-8,11-12,14,16-17H2,1-3H3/t20-/m0/s1. The highest BCUT2D eigenvalue weighted by atomic mass is 16.5. The zero-order valence-corrected chi connectivity index (χ0v) is 20.9. The highest BCUT2D eigenvalue weighted by molar-refractivity contribution is 5.96. The molecule has 0 radical (unpaired) electrons. The Kier molecular flexibility index (Phi) is 6.81. The van der Waals surface area contributed by atoms with E-state index in [0.717, 1.165) is 67.9 Å². The van der Waals surface area contributed by atoms with Crippen molar-refractivity contribution in [3.8, 4) is 23.0 Å². The second-order valence-electron chi connectivity index (χ2n) is 9.81. The number of carbonyl (C=O) groups is 1. The summed E-state index contributed by atoms with van der Waals surface area (Å²) >= 11 is 0. The Hall–Kier alpha value is -3.26. The van der Waals surface area contributed by atoms with Crippen LogP contribution in [0.1, 0.15) is 60.5 Å². The van der Waals surface area contributed by atoms with Crippen molar-refractivity contribution in [3.63, 3.8) is 0 Å². The summed E-state index contributed by atoms with van der Waals surface area (Å²) in [4.78, 5) is 27.5. The highest BCUT2D eigenvalue weighted by Gasteiger charge is 2.36. The molecule has 0 N–H and O–H groups in total. The van der Waals surface area contributed by atoms with Crippen molar-refractivity contribution in [1.82, 2.24) is 29.5 Å². The van der Waals surface area contributed by atoms with Crippen molar-refractivity contribution in [2.75, 3.05) is 34.3 Å². The van der Waals surface area contributed by atoms with E-state index in [2.05, 4.69) is 34.0 Å². The van der Waals surface area contributed by atoms with Crippen LogP contribution in [0.3, 0.4) is 0 Å². The summed E-state index contributed by atoms with van der Waals surface area (Å²) in [5.74, 6) is 1.66. The van der Waals surface area contributed by atoms with Gasteiger partial charge in [-0.05, 0) is 77.4 Å². The van der Waals surface area contributed by atoms with Crippen LogP contribution in [0.15, 0.2) is 42.7 Å². The van der Waals surface area contributed by atoms with Gasteiger partial charge in [0.2, 0.25) is 0 Å². The quantitative estimate of drug-likeness (QED) is 0.488. The lowest BCUT2D eigenvalue weighted by molar-refractivity contribution is 0.0590. The molecule has 35 heavy (non-hydrogen) atoms. The first-order valence-electron chi connectivity index (χ1n) is 12.6. The zero-order chi connectivity index (χ0) is 24.4. The molecule has 3 aromatic rings. The molecular formula is C27H34N6O2. The number of rotatable bonds is 8. The van der Waals surface area contributed by atoms with Crippen LogP contribution < -0.4 is 4.74 Å². The summed E-state index contributed by atoms with van der Waals surface area (Å²) in [5.41, 5.74) is 3.31. The van der Waals surface area contributed by atoms with E-state index in [1.54, 1.807) is 24.2 Å². The topological polar surface area (TPSA) is 76.4 Å². The van der Waals surface area contributed by atoms with Gasteiger partial charge in [-0.25, -0.2) is 14.6 Å². The fourth-order valence-corrected chi connectivity index (χ4v) is 5.02. The molecule has 8 nitrogen and oxygen atoms in total. The second kappa shape index (κ2) is 10.2. The summed E-state index contributed by atoms with van der Waals surface area (Å²) in [6.45, 7) is 1.79. The molecule has 1 aliphatic carbocycles. The summed E-state index contributed by atoms with van der Waals surface area (Å²) in [5, 5.41) is 4.64. The third-order valence-electron chi connectivity index (χ3n) is 7.01. The van der Waals surface area contributed by atoms with Gasteiger partial charge < -0.3 is 14.5 Å². The third kappa shape index (κ3) is 4.93. The molecule has 3 heterocycles. The van der Waals surface area contributed by atoms with Gasteiger partial charge in [0.05, 0.1) is 30.3 Å². The van der Waals surface area contributed by atoms with Crippen LogP contribution in [-0.2, 0) is 0 Å². The maximum atomic E-state index is 13.8. The van der Waals surface area contributed by atoms with Gasteiger partial charge in [-0.1, -0.05) is 12.1 Å². The lowest BCUT2D eigenvalue weighted by atomic mass is 9.97. The number of methoxy groups -OCH3 is 1. The summed E-state index contributed by atoms with van der Waals surface area (Å²) in [6, 6.07) is 9.95. The summed E-state index contributed by atoms with van der Waals surface area (Å²) in [7, 11) is 5.83. The maximum Gasteiger partial charge on any atom is 0.257 e. The first-order valence-corrected chi connectivity index (χ1v) is 12.6. The number of ether oxygens (including phenoxy) is 1. The van der Waals surface area contributed by atoms with E-state index in [4.69, 9.17) is 9.72 Å². The average molecular weight is 475 g/mol. The fraction of sp³-hybridized carbons (Fsp3) is 0.481. The molecule has 2 aliphatic rings. The molecule has 1 amide bonds.